The highest BCUT2D eigenvalue weighted by Crippen LogP contribution is 2.47. The maximum atomic E-state index is 13.0. The molecule has 0 fully saturated rings. The van der Waals surface area contributed by atoms with Crippen molar-refractivity contribution in [1.29, 1.82) is 0 Å². The third-order valence-corrected chi connectivity index (χ3v) is 4.45. The first-order valence-corrected chi connectivity index (χ1v) is 7.96. The summed E-state index contributed by atoms with van der Waals surface area (Å²) in [4.78, 5) is 32.1. The number of anilines is 1. The molecule has 1 N–H and O–H groups in total. The predicted octanol–water partition coefficient (Wildman–Crippen LogP) is 5.73. The lowest BCUT2D eigenvalue weighted by atomic mass is 10.1. The van der Waals surface area contributed by atoms with Crippen molar-refractivity contribution in [3.8, 4) is 0 Å². The molecule has 8 nitrogen and oxygen atoms in total. The highest BCUT2D eigenvalue weighted by molar-refractivity contribution is 6.42. The summed E-state index contributed by atoms with van der Waals surface area (Å²) in [5.74, 6) is -1.12. The van der Waals surface area contributed by atoms with Gasteiger partial charge in [0, 0.05) is 11.6 Å². The van der Waals surface area contributed by atoms with E-state index in [-0.39, 0.29) is 21.7 Å². The van der Waals surface area contributed by atoms with Crippen LogP contribution >= 0.6 is 34.8 Å². The van der Waals surface area contributed by atoms with E-state index in [0.717, 1.165) is 12.1 Å². The molecule has 2 aromatic carbocycles. The number of amides is 1. The fraction of sp³-hybridized carbons (Fsp3) is 0.0714. The Morgan fingerprint density at radius 1 is 1.00 bits per heavy atom. The second kappa shape index (κ2) is 7.78. The van der Waals surface area contributed by atoms with E-state index in [0.29, 0.717) is 0 Å². The van der Waals surface area contributed by atoms with Crippen molar-refractivity contribution in [2.45, 2.75) is 6.18 Å². The molecule has 0 unspecified atom stereocenters. The minimum atomic E-state index is -5.21. The quantitative estimate of drug-likeness (QED) is 0.464. The average Bonchev–Trinajstić information content (AvgIpc) is 2.55. The average molecular weight is 459 g/mol. The fourth-order valence-electron chi connectivity index (χ4n) is 2.10. The lowest BCUT2D eigenvalue weighted by molar-refractivity contribution is -0.392. The summed E-state index contributed by atoms with van der Waals surface area (Å²) >= 11 is 16.9. The van der Waals surface area contributed by atoms with Gasteiger partial charge in [-0.15, -0.1) is 0 Å². The van der Waals surface area contributed by atoms with Crippen molar-refractivity contribution < 1.29 is 27.8 Å². The Labute approximate surface area is 168 Å². The summed E-state index contributed by atoms with van der Waals surface area (Å²) in [6.07, 6.45) is -5.21. The zero-order valence-electron chi connectivity index (χ0n) is 13.0. The molecule has 1 amide bonds. The molecule has 2 rings (SSSR count). The number of nitro benzene ring substituents is 2. The Kier molecular flexibility index (Phi) is 6.02. The summed E-state index contributed by atoms with van der Waals surface area (Å²) in [5, 5.41) is 22.9. The van der Waals surface area contributed by atoms with E-state index in [2.05, 4.69) is 0 Å². The van der Waals surface area contributed by atoms with Gasteiger partial charge in [-0.3, -0.25) is 25.0 Å². The lowest BCUT2D eigenvalue weighted by Gasteiger charge is -2.13. The van der Waals surface area contributed by atoms with Gasteiger partial charge in [-0.2, -0.15) is 13.2 Å². The number of rotatable bonds is 4. The summed E-state index contributed by atoms with van der Waals surface area (Å²) in [5.41, 5.74) is -5.95. The van der Waals surface area contributed by atoms with Crippen LogP contribution in [0.1, 0.15) is 15.9 Å². The van der Waals surface area contributed by atoms with Crippen molar-refractivity contribution in [3.63, 3.8) is 0 Å². The van der Waals surface area contributed by atoms with E-state index in [1.165, 1.54) is 6.07 Å². The molecule has 0 radical (unpaired) electrons. The molecule has 0 heterocycles. The molecule has 0 bridgehead atoms. The first kappa shape index (κ1) is 21.7. The number of carbonyl (C=O) groups excluding carboxylic acids is 1. The molecular weight excluding hydrogens is 454 g/mol. The number of nitrogens with zero attached hydrogens (tertiary/aromatic N) is 2. The van der Waals surface area contributed by atoms with Crippen LogP contribution in [-0.2, 0) is 6.18 Å². The van der Waals surface area contributed by atoms with Crippen LogP contribution in [0.15, 0.2) is 24.3 Å². The molecule has 0 saturated carbocycles. The summed E-state index contributed by atoms with van der Waals surface area (Å²) < 4.78 is 39.1. The summed E-state index contributed by atoms with van der Waals surface area (Å²) in [6, 6.07) is 3.41. The first-order chi connectivity index (χ1) is 12.8. The molecule has 0 spiro atoms. The van der Waals surface area contributed by atoms with Crippen molar-refractivity contribution in [2.75, 3.05) is 5.32 Å². The minimum absolute atomic E-state index is 0.000212. The van der Waals surface area contributed by atoms with Crippen LogP contribution < -0.4 is 5.32 Å². The van der Waals surface area contributed by atoms with Gasteiger partial charge in [0.15, 0.2) is 0 Å². The summed E-state index contributed by atoms with van der Waals surface area (Å²) in [6.45, 7) is 0. The number of benzene rings is 2. The molecule has 14 heteroatoms. The maximum absolute atomic E-state index is 13.0. The van der Waals surface area contributed by atoms with Crippen molar-refractivity contribution >= 4 is 57.8 Å². The molecular formula is C14H5Cl3F3N3O5. The fourth-order valence-corrected chi connectivity index (χ4v) is 2.72. The van der Waals surface area contributed by atoms with Crippen LogP contribution in [0.4, 0.5) is 30.2 Å². The topological polar surface area (TPSA) is 115 Å². The maximum Gasteiger partial charge on any atom is 0.418 e. The lowest BCUT2D eigenvalue weighted by Crippen LogP contribution is -2.16. The molecule has 0 saturated heterocycles. The number of hydrogen-bond acceptors (Lipinski definition) is 5. The summed E-state index contributed by atoms with van der Waals surface area (Å²) in [7, 11) is 0. The number of hydrogen-bond donors (Lipinski definition) is 1. The monoisotopic (exact) mass is 457 g/mol. The van der Waals surface area contributed by atoms with Crippen molar-refractivity contribution in [2.24, 2.45) is 0 Å². The van der Waals surface area contributed by atoms with Gasteiger partial charge in [0.05, 0.1) is 25.5 Å². The first-order valence-electron chi connectivity index (χ1n) is 6.83. The smallest absolute Gasteiger partial charge is 0.310 e. The van der Waals surface area contributed by atoms with Crippen molar-refractivity contribution in [3.05, 3.63) is 70.7 Å². The Morgan fingerprint density at radius 3 is 2.07 bits per heavy atom. The van der Waals surface area contributed by atoms with Crippen LogP contribution in [0.25, 0.3) is 0 Å². The minimum Gasteiger partial charge on any atom is -0.310 e. The SMILES string of the molecule is O=C(Nc1c([N+](=O)[O-])cc(C(F)(F)F)c(Cl)c1[N+](=O)[O-])c1ccc(Cl)c(Cl)c1. The Balaban J connectivity index is 2.69. The van der Waals surface area contributed by atoms with Crippen LogP contribution in [0.2, 0.25) is 15.1 Å². The van der Waals surface area contributed by atoms with Crippen molar-refractivity contribution in [1.82, 2.24) is 0 Å². The zero-order chi connectivity index (χ0) is 21.4. The highest BCUT2D eigenvalue weighted by atomic mass is 35.5. The largest absolute Gasteiger partial charge is 0.418 e. The molecule has 28 heavy (non-hydrogen) atoms. The Bertz CT molecular complexity index is 1010. The van der Waals surface area contributed by atoms with Gasteiger partial charge in [-0.1, -0.05) is 34.8 Å². The highest BCUT2D eigenvalue weighted by Gasteiger charge is 2.42. The van der Waals surface area contributed by atoms with Crippen LogP contribution in [0, 0.1) is 20.2 Å². The molecule has 0 aliphatic rings. The second-order valence-electron chi connectivity index (χ2n) is 5.08. The van der Waals surface area contributed by atoms with E-state index < -0.39 is 49.6 Å². The van der Waals surface area contributed by atoms with Gasteiger partial charge in [0.2, 0.25) is 5.69 Å². The number of halogens is 6. The van der Waals surface area contributed by atoms with Gasteiger partial charge in [0.1, 0.15) is 5.02 Å². The van der Waals surface area contributed by atoms with E-state index in [4.69, 9.17) is 34.8 Å². The molecule has 2 aromatic rings. The molecule has 0 atom stereocenters. The second-order valence-corrected chi connectivity index (χ2v) is 6.27. The molecule has 0 aliphatic carbocycles. The van der Waals surface area contributed by atoms with Gasteiger partial charge in [0.25, 0.3) is 5.91 Å². The zero-order valence-corrected chi connectivity index (χ0v) is 15.3. The van der Waals surface area contributed by atoms with E-state index in [1.807, 2.05) is 5.32 Å². The third kappa shape index (κ3) is 4.26. The number of carbonyl (C=O) groups is 1. The van der Waals surface area contributed by atoms with Gasteiger partial charge in [-0.25, -0.2) is 0 Å². The normalized spacial score (nSPS) is 11.2. The Morgan fingerprint density at radius 2 is 1.61 bits per heavy atom. The number of nitrogens with one attached hydrogen (secondary N) is 1. The molecule has 0 aliphatic heterocycles. The third-order valence-electron chi connectivity index (χ3n) is 3.32. The van der Waals surface area contributed by atoms with E-state index in [1.54, 1.807) is 0 Å². The van der Waals surface area contributed by atoms with Gasteiger partial charge in [-0.05, 0) is 18.2 Å². The van der Waals surface area contributed by atoms with Crippen LogP contribution in [-0.4, -0.2) is 15.8 Å². The van der Waals surface area contributed by atoms with Gasteiger partial charge >= 0.3 is 17.6 Å². The van der Waals surface area contributed by atoms with Crippen LogP contribution in [0.5, 0.6) is 0 Å². The van der Waals surface area contributed by atoms with Gasteiger partial charge < -0.3 is 5.32 Å². The number of nitro groups is 2. The Hall–Kier alpha value is -2.63. The van der Waals surface area contributed by atoms with E-state index in [9.17, 15) is 38.2 Å². The molecule has 0 aromatic heterocycles. The standard InChI is InChI=1S/C14H5Cl3F3N3O5/c15-7-2-1-5(3-8(7)16)13(24)21-11-9(22(25)26)4-6(14(18,19)20)10(17)12(11)23(27)28/h1-4H,(H,21,24). The predicted molar refractivity (Wildman–Crippen MR) is 94.2 cm³/mol. The molecule has 148 valence electrons. The van der Waals surface area contributed by atoms with Crippen LogP contribution in [0.3, 0.4) is 0 Å². The number of alkyl halides is 3. The van der Waals surface area contributed by atoms with E-state index >= 15 is 0 Å².